The Kier molecular flexibility index (Phi) is 5.64. The number of ether oxygens (including phenoxy) is 1. The highest BCUT2D eigenvalue weighted by atomic mass is 32.2. The number of aromatic nitrogens is 2. The molecule has 0 aliphatic carbocycles. The second kappa shape index (κ2) is 7.90. The molecule has 0 spiro atoms. The van der Waals surface area contributed by atoms with Crippen LogP contribution in [0.1, 0.15) is 35.1 Å². The van der Waals surface area contributed by atoms with Crippen molar-refractivity contribution in [3.63, 3.8) is 0 Å². The molecule has 0 bridgehead atoms. The van der Waals surface area contributed by atoms with E-state index in [1.165, 1.54) is 11.3 Å². The Morgan fingerprint density at radius 2 is 2.30 bits per heavy atom. The summed E-state index contributed by atoms with van der Waals surface area (Å²) in [5, 5.41) is 12.3. The number of aryl methyl sites for hydroxylation is 1. The zero-order chi connectivity index (χ0) is 16.1. The Labute approximate surface area is 143 Å². The lowest BCUT2D eigenvalue weighted by atomic mass is 10.2. The van der Waals surface area contributed by atoms with Crippen LogP contribution in [0.3, 0.4) is 0 Å². The van der Waals surface area contributed by atoms with Crippen molar-refractivity contribution in [1.82, 2.24) is 10.2 Å². The van der Waals surface area contributed by atoms with E-state index >= 15 is 0 Å². The lowest BCUT2D eigenvalue weighted by Crippen LogP contribution is -2.14. The van der Waals surface area contributed by atoms with Gasteiger partial charge in [0.1, 0.15) is 5.01 Å². The Bertz CT molecular complexity index is 669. The van der Waals surface area contributed by atoms with Crippen LogP contribution in [0.5, 0.6) is 0 Å². The van der Waals surface area contributed by atoms with E-state index in [1.54, 1.807) is 11.8 Å². The van der Waals surface area contributed by atoms with Crippen LogP contribution in [0.15, 0.2) is 29.2 Å². The summed E-state index contributed by atoms with van der Waals surface area (Å²) >= 11 is 3.09. The SMILES string of the molecule is CCc1nnc(NC(=O)c2ccccc2SCC2CCCO2)s1. The molecule has 3 rings (SSSR count). The van der Waals surface area contributed by atoms with E-state index in [1.807, 2.05) is 31.2 Å². The summed E-state index contributed by atoms with van der Waals surface area (Å²) in [7, 11) is 0. The Morgan fingerprint density at radius 1 is 1.43 bits per heavy atom. The van der Waals surface area contributed by atoms with E-state index in [2.05, 4.69) is 15.5 Å². The van der Waals surface area contributed by atoms with Crippen LogP contribution in [-0.4, -0.2) is 34.6 Å². The van der Waals surface area contributed by atoms with Crippen LogP contribution in [0.25, 0.3) is 0 Å². The summed E-state index contributed by atoms with van der Waals surface area (Å²) in [6.45, 7) is 2.87. The maximum Gasteiger partial charge on any atom is 0.258 e. The molecule has 2 heterocycles. The predicted octanol–water partition coefficient (Wildman–Crippen LogP) is 3.62. The van der Waals surface area contributed by atoms with Gasteiger partial charge in [-0.05, 0) is 31.4 Å². The first-order chi connectivity index (χ1) is 11.3. The zero-order valence-corrected chi connectivity index (χ0v) is 14.6. The Hall–Kier alpha value is -1.44. The van der Waals surface area contributed by atoms with Gasteiger partial charge in [-0.1, -0.05) is 30.4 Å². The molecule has 1 fully saturated rings. The van der Waals surface area contributed by atoms with Crippen LogP contribution in [-0.2, 0) is 11.2 Å². The predicted molar refractivity (Wildman–Crippen MR) is 93.4 cm³/mol. The normalized spacial score (nSPS) is 17.3. The van der Waals surface area contributed by atoms with Crippen molar-refractivity contribution >= 4 is 34.1 Å². The van der Waals surface area contributed by atoms with E-state index in [0.29, 0.717) is 16.8 Å². The van der Waals surface area contributed by atoms with Gasteiger partial charge in [-0.15, -0.1) is 22.0 Å². The molecule has 0 radical (unpaired) electrons. The number of thioether (sulfide) groups is 1. The van der Waals surface area contributed by atoms with E-state index in [-0.39, 0.29) is 5.91 Å². The van der Waals surface area contributed by atoms with Crippen LogP contribution in [0, 0.1) is 0 Å². The van der Waals surface area contributed by atoms with Crippen molar-refractivity contribution in [2.24, 2.45) is 0 Å². The van der Waals surface area contributed by atoms with Crippen molar-refractivity contribution in [3.8, 4) is 0 Å². The average molecular weight is 349 g/mol. The van der Waals surface area contributed by atoms with E-state index in [4.69, 9.17) is 4.74 Å². The molecule has 1 amide bonds. The van der Waals surface area contributed by atoms with Crippen molar-refractivity contribution < 1.29 is 9.53 Å². The summed E-state index contributed by atoms with van der Waals surface area (Å²) in [5.41, 5.74) is 0.670. The molecule has 23 heavy (non-hydrogen) atoms. The molecule has 0 saturated carbocycles. The molecule has 1 aromatic carbocycles. The smallest absolute Gasteiger partial charge is 0.258 e. The lowest BCUT2D eigenvalue weighted by molar-refractivity contribution is 0.102. The molecule has 1 aliphatic rings. The fraction of sp³-hybridized carbons (Fsp3) is 0.438. The Balaban J connectivity index is 1.66. The van der Waals surface area contributed by atoms with Gasteiger partial charge >= 0.3 is 0 Å². The molecular weight excluding hydrogens is 330 g/mol. The van der Waals surface area contributed by atoms with E-state index in [9.17, 15) is 4.79 Å². The number of anilines is 1. The zero-order valence-electron chi connectivity index (χ0n) is 12.9. The molecule has 5 nitrogen and oxygen atoms in total. The van der Waals surface area contributed by atoms with Crippen LogP contribution in [0.2, 0.25) is 0 Å². The van der Waals surface area contributed by atoms with E-state index in [0.717, 1.165) is 41.5 Å². The summed E-state index contributed by atoms with van der Waals surface area (Å²) in [5.74, 6) is 0.738. The molecule has 1 atom stereocenters. The number of benzene rings is 1. The fourth-order valence-electron chi connectivity index (χ4n) is 2.35. The summed E-state index contributed by atoms with van der Waals surface area (Å²) in [6.07, 6.45) is 3.35. The fourth-order valence-corrected chi connectivity index (χ4v) is 4.14. The number of carbonyl (C=O) groups excluding carboxylic acids is 1. The first-order valence-corrected chi connectivity index (χ1v) is 9.53. The van der Waals surface area contributed by atoms with Crippen LogP contribution >= 0.6 is 23.1 Å². The molecule has 1 saturated heterocycles. The third-order valence-corrected chi connectivity index (χ3v) is 5.76. The molecule has 1 aromatic heterocycles. The van der Waals surface area contributed by atoms with Crippen LogP contribution < -0.4 is 5.32 Å². The topological polar surface area (TPSA) is 64.1 Å². The number of hydrogen-bond acceptors (Lipinski definition) is 6. The molecule has 1 aliphatic heterocycles. The van der Waals surface area contributed by atoms with Gasteiger partial charge in [0, 0.05) is 17.3 Å². The highest BCUT2D eigenvalue weighted by Gasteiger charge is 2.18. The number of hydrogen-bond donors (Lipinski definition) is 1. The van der Waals surface area contributed by atoms with Gasteiger partial charge in [-0.25, -0.2) is 0 Å². The number of amides is 1. The highest BCUT2D eigenvalue weighted by Crippen LogP contribution is 2.27. The second-order valence-corrected chi connectivity index (χ2v) is 7.37. The molecular formula is C16H19N3O2S2. The standard InChI is InChI=1S/C16H19N3O2S2/c1-2-14-18-19-16(23-14)17-15(20)12-7-3-4-8-13(12)22-10-11-6-5-9-21-11/h3-4,7-8,11H,2,5-6,9-10H2,1H3,(H,17,19,20). The lowest BCUT2D eigenvalue weighted by Gasteiger charge is -2.11. The first-order valence-electron chi connectivity index (χ1n) is 7.73. The maximum atomic E-state index is 12.5. The first kappa shape index (κ1) is 16.4. The summed E-state index contributed by atoms with van der Waals surface area (Å²) < 4.78 is 5.65. The average Bonchev–Trinajstić information content (AvgIpc) is 3.24. The molecule has 122 valence electrons. The van der Waals surface area contributed by atoms with Gasteiger partial charge in [0.25, 0.3) is 5.91 Å². The van der Waals surface area contributed by atoms with Gasteiger partial charge in [-0.3, -0.25) is 10.1 Å². The number of nitrogens with one attached hydrogen (secondary N) is 1. The number of rotatable bonds is 6. The molecule has 2 aromatic rings. The maximum absolute atomic E-state index is 12.5. The van der Waals surface area contributed by atoms with Crippen molar-refractivity contribution in [2.75, 3.05) is 17.7 Å². The largest absolute Gasteiger partial charge is 0.377 e. The van der Waals surface area contributed by atoms with Crippen molar-refractivity contribution in [1.29, 1.82) is 0 Å². The minimum atomic E-state index is -0.140. The highest BCUT2D eigenvalue weighted by molar-refractivity contribution is 7.99. The Morgan fingerprint density at radius 3 is 3.04 bits per heavy atom. The second-order valence-electron chi connectivity index (χ2n) is 5.25. The van der Waals surface area contributed by atoms with Gasteiger partial charge in [0.05, 0.1) is 11.7 Å². The van der Waals surface area contributed by atoms with Gasteiger partial charge in [-0.2, -0.15) is 0 Å². The quantitative estimate of drug-likeness (QED) is 0.807. The summed E-state index contributed by atoms with van der Waals surface area (Å²) in [4.78, 5) is 13.5. The summed E-state index contributed by atoms with van der Waals surface area (Å²) in [6, 6.07) is 7.65. The molecule has 7 heteroatoms. The van der Waals surface area contributed by atoms with Gasteiger partial charge in [0.15, 0.2) is 0 Å². The van der Waals surface area contributed by atoms with Crippen molar-refractivity contribution in [3.05, 3.63) is 34.8 Å². The van der Waals surface area contributed by atoms with E-state index < -0.39 is 0 Å². The molecule has 1 unspecified atom stereocenters. The van der Waals surface area contributed by atoms with Gasteiger partial charge < -0.3 is 4.74 Å². The number of nitrogens with zero attached hydrogens (tertiary/aromatic N) is 2. The van der Waals surface area contributed by atoms with Crippen molar-refractivity contribution in [2.45, 2.75) is 37.2 Å². The number of carbonyl (C=O) groups is 1. The minimum absolute atomic E-state index is 0.140. The minimum Gasteiger partial charge on any atom is -0.377 e. The third kappa shape index (κ3) is 4.31. The monoisotopic (exact) mass is 349 g/mol. The third-order valence-electron chi connectivity index (χ3n) is 3.57. The van der Waals surface area contributed by atoms with Gasteiger partial charge in [0.2, 0.25) is 5.13 Å². The molecule has 1 N–H and O–H groups in total. The van der Waals surface area contributed by atoms with Crippen LogP contribution in [0.4, 0.5) is 5.13 Å².